The van der Waals surface area contributed by atoms with Crippen molar-refractivity contribution in [2.45, 2.75) is 11.8 Å². The Morgan fingerprint density at radius 1 is 0.938 bits per heavy atom. The van der Waals surface area contributed by atoms with Crippen LogP contribution < -0.4 is 0 Å². The number of hydrogen-bond donors (Lipinski definition) is 0. The second-order valence-corrected chi connectivity index (χ2v) is 9.69. The lowest BCUT2D eigenvalue weighted by molar-refractivity contribution is -0.132. The van der Waals surface area contributed by atoms with Gasteiger partial charge in [-0.05, 0) is 25.1 Å². The number of amides is 2. The van der Waals surface area contributed by atoms with Crippen LogP contribution in [0.15, 0.2) is 60.0 Å². The molecule has 0 radical (unpaired) electrons. The molecule has 0 atom stereocenters. The Morgan fingerprint density at radius 3 is 2.09 bits per heavy atom. The molecule has 1 saturated heterocycles. The Hall–Kier alpha value is -3.30. The number of fused-ring (bicyclic) bond motifs is 1. The number of ketones is 1. The fourth-order valence-electron chi connectivity index (χ4n) is 3.93. The Kier molecular flexibility index (Phi) is 5.70. The Balaban J connectivity index is 1.38. The lowest BCUT2D eigenvalue weighted by atomic mass is 10.1. The smallest absolute Gasteiger partial charge is 0.259 e. The molecule has 0 saturated carbocycles. The minimum Gasteiger partial charge on any atom is -0.338 e. The largest absolute Gasteiger partial charge is 0.338 e. The van der Waals surface area contributed by atoms with Crippen molar-refractivity contribution in [2.75, 3.05) is 32.7 Å². The molecule has 2 aliphatic heterocycles. The third-order valence-corrected chi connectivity index (χ3v) is 7.74. The normalized spacial score (nSPS) is 16.9. The van der Waals surface area contributed by atoms with Gasteiger partial charge in [-0.3, -0.25) is 19.3 Å². The quantitative estimate of drug-likeness (QED) is 0.644. The van der Waals surface area contributed by atoms with Crippen molar-refractivity contribution in [3.63, 3.8) is 0 Å². The summed E-state index contributed by atoms with van der Waals surface area (Å²) in [4.78, 5) is 39.9. The Labute approximate surface area is 186 Å². The van der Waals surface area contributed by atoms with Crippen molar-refractivity contribution < 1.29 is 22.8 Å². The molecule has 0 bridgehead atoms. The molecule has 0 aliphatic carbocycles. The molecule has 32 heavy (non-hydrogen) atoms. The zero-order valence-electron chi connectivity index (χ0n) is 17.7. The van der Waals surface area contributed by atoms with Crippen molar-refractivity contribution in [2.24, 2.45) is 0 Å². The van der Waals surface area contributed by atoms with E-state index < -0.39 is 10.0 Å². The van der Waals surface area contributed by atoms with E-state index in [0.717, 1.165) is 5.56 Å². The van der Waals surface area contributed by atoms with Crippen LogP contribution in [-0.4, -0.2) is 72.8 Å². The minimum absolute atomic E-state index is 0.110. The van der Waals surface area contributed by atoms with Crippen molar-refractivity contribution >= 4 is 33.3 Å². The molecular formula is C23H23N3O5S. The number of rotatable bonds is 5. The van der Waals surface area contributed by atoms with Crippen LogP contribution in [0.3, 0.4) is 0 Å². The third-order valence-electron chi connectivity index (χ3n) is 5.82. The van der Waals surface area contributed by atoms with Crippen molar-refractivity contribution in [3.05, 3.63) is 71.8 Å². The lowest BCUT2D eigenvalue weighted by Gasteiger charge is -2.34. The highest BCUT2D eigenvalue weighted by Gasteiger charge is 2.35. The van der Waals surface area contributed by atoms with Gasteiger partial charge >= 0.3 is 0 Å². The fraction of sp³-hybridized carbons (Fsp3) is 0.261. The summed E-state index contributed by atoms with van der Waals surface area (Å²) in [6, 6.07) is 12.9. The monoisotopic (exact) mass is 453 g/mol. The van der Waals surface area contributed by atoms with Gasteiger partial charge in [0.05, 0.1) is 4.90 Å². The van der Waals surface area contributed by atoms with Gasteiger partial charge in [0.1, 0.15) is 6.54 Å². The van der Waals surface area contributed by atoms with Crippen molar-refractivity contribution in [1.82, 2.24) is 14.1 Å². The molecule has 2 aromatic rings. The van der Waals surface area contributed by atoms with Gasteiger partial charge in [0.15, 0.2) is 5.78 Å². The number of carbonyl (C=O) groups excluding carboxylic acids is 3. The lowest BCUT2D eigenvalue weighted by Crippen LogP contribution is -2.52. The first kappa shape index (κ1) is 21.9. The van der Waals surface area contributed by atoms with Crippen LogP contribution in [0, 0.1) is 0 Å². The van der Waals surface area contributed by atoms with Gasteiger partial charge < -0.3 is 4.90 Å². The fourth-order valence-corrected chi connectivity index (χ4v) is 5.35. The topological polar surface area (TPSA) is 95.1 Å². The van der Waals surface area contributed by atoms with Gasteiger partial charge in [0.25, 0.3) is 5.91 Å². The third kappa shape index (κ3) is 3.85. The number of piperazine rings is 1. The molecule has 2 aromatic carbocycles. The summed E-state index contributed by atoms with van der Waals surface area (Å²) >= 11 is 0. The maximum absolute atomic E-state index is 12.9. The van der Waals surface area contributed by atoms with E-state index in [1.807, 2.05) is 6.07 Å². The molecule has 1 fully saturated rings. The summed E-state index contributed by atoms with van der Waals surface area (Å²) in [6.07, 6.45) is 0. The van der Waals surface area contributed by atoms with E-state index in [2.05, 4.69) is 6.58 Å². The summed E-state index contributed by atoms with van der Waals surface area (Å²) < 4.78 is 27.1. The van der Waals surface area contributed by atoms with Crippen LogP contribution in [0.25, 0.3) is 5.70 Å². The van der Waals surface area contributed by atoms with Gasteiger partial charge in [0.2, 0.25) is 15.9 Å². The number of benzene rings is 2. The van der Waals surface area contributed by atoms with Crippen molar-refractivity contribution in [3.8, 4) is 0 Å². The van der Waals surface area contributed by atoms with E-state index in [9.17, 15) is 22.8 Å². The molecule has 2 aliphatic rings. The highest BCUT2D eigenvalue weighted by Crippen LogP contribution is 2.31. The van der Waals surface area contributed by atoms with E-state index in [1.54, 1.807) is 23.1 Å². The number of hydrogen-bond acceptors (Lipinski definition) is 5. The first-order valence-electron chi connectivity index (χ1n) is 10.2. The molecule has 2 heterocycles. The summed E-state index contributed by atoms with van der Waals surface area (Å²) in [5.74, 6) is -0.646. The number of Topliss-reactive ketones (excluding diaryl/α,β-unsaturated/α-hetero) is 1. The zero-order valence-corrected chi connectivity index (χ0v) is 18.5. The molecular weight excluding hydrogens is 430 g/mol. The molecule has 0 N–H and O–H groups in total. The van der Waals surface area contributed by atoms with Crippen LogP contribution in [0.4, 0.5) is 0 Å². The van der Waals surface area contributed by atoms with Gasteiger partial charge in [-0.25, -0.2) is 8.42 Å². The van der Waals surface area contributed by atoms with Crippen molar-refractivity contribution in [1.29, 1.82) is 0 Å². The molecule has 0 unspecified atom stereocenters. The SMILES string of the molecule is C=C1c2ccccc2C(=O)N1CC(=O)N1CCN(S(=O)(=O)c2ccc(C(C)=O)cc2)CC1. The molecule has 0 aromatic heterocycles. The average Bonchev–Trinajstić information content (AvgIpc) is 3.04. The Bertz CT molecular complexity index is 1180. The molecule has 2 amide bonds. The predicted molar refractivity (Wildman–Crippen MR) is 118 cm³/mol. The van der Waals surface area contributed by atoms with Crippen LogP contribution in [-0.2, 0) is 14.8 Å². The van der Waals surface area contributed by atoms with E-state index in [0.29, 0.717) is 16.8 Å². The first-order chi connectivity index (χ1) is 15.2. The second-order valence-electron chi connectivity index (χ2n) is 7.75. The predicted octanol–water partition coefficient (Wildman–Crippen LogP) is 1.85. The number of nitrogens with zero attached hydrogens (tertiary/aromatic N) is 3. The molecule has 4 rings (SSSR count). The maximum Gasteiger partial charge on any atom is 0.259 e. The van der Waals surface area contributed by atoms with Crippen LogP contribution >= 0.6 is 0 Å². The van der Waals surface area contributed by atoms with Gasteiger partial charge in [-0.15, -0.1) is 0 Å². The minimum atomic E-state index is -3.72. The van der Waals surface area contributed by atoms with Gasteiger partial charge in [-0.1, -0.05) is 36.9 Å². The van der Waals surface area contributed by atoms with E-state index >= 15 is 0 Å². The second kappa shape index (κ2) is 8.33. The summed E-state index contributed by atoms with van der Waals surface area (Å²) in [5.41, 5.74) is 2.18. The Morgan fingerprint density at radius 2 is 1.53 bits per heavy atom. The van der Waals surface area contributed by atoms with Crippen LogP contribution in [0.5, 0.6) is 0 Å². The summed E-state index contributed by atoms with van der Waals surface area (Å²) in [7, 11) is -3.72. The zero-order chi connectivity index (χ0) is 23.0. The van der Waals surface area contributed by atoms with E-state index in [-0.39, 0.29) is 55.2 Å². The molecule has 8 nitrogen and oxygen atoms in total. The number of carbonyl (C=O) groups is 3. The standard InChI is InChI=1S/C23H23N3O5S/c1-16-20-5-3-4-6-21(20)23(29)26(16)15-22(28)24-11-13-25(14-12-24)32(30,31)19-9-7-18(8-10-19)17(2)27/h3-10H,1,11-15H2,2H3. The van der Waals surface area contributed by atoms with E-state index in [4.69, 9.17) is 0 Å². The maximum atomic E-state index is 12.9. The van der Waals surface area contributed by atoms with Gasteiger partial charge in [-0.2, -0.15) is 4.31 Å². The highest BCUT2D eigenvalue weighted by molar-refractivity contribution is 7.89. The number of sulfonamides is 1. The average molecular weight is 454 g/mol. The van der Waals surface area contributed by atoms with Crippen LogP contribution in [0.1, 0.15) is 33.2 Å². The molecule has 9 heteroatoms. The van der Waals surface area contributed by atoms with E-state index in [1.165, 1.54) is 40.4 Å². The summed E-state index contributed by atoms with van der Waals surface area (Å²) in [5, 5.41) is 0. The molecule has 0 spiro atoms. The highest BCUT2D eigenvalue weighted by atomic mass is 32.2. The first-order valence-corrected chi connectivity index (χ1v) is 11.6. The van der Waals surface area contributed by atoms with Crippen LogP contribution in [0.2, 0.25) is 0 Å². The summed E-state index contributed by atoms with van der Waals surface area (Å²) in [6.45, 7) is 5.99. The van der Waals surface area contributed by atoms with Gasteiger partial charge in [0, 0.05) is 48.6 Å². The molecule has 166 valence electrons.